The molecule has 3 rings (SSSR count). The van der Waals surface area contributed by atoms with Gasteiger partial charge in [-0.3, -0.25) is 14.9 Å². The average molecular weight is 627 g/mol. The van der Waals surface area contributed by atoms with Crippen LogP contribution in [0.4, 0.5) is 9.59 Å². The topological polar surface area (TPSA) is 197 Å². The lowest BCUT2D eigenvalue weighted by molar-refractivity contribution is -0.787. The van der Waals surface area contributed by atoms with Gasteiger partial charge in [0.2, 0.25) is 11.8 Å². The van der Waals surface area contributed by atoms with Crippen molar-refractivity contribution < 1.29 is 43.4 Å². The third-order valence-corrected chi connectivity index (χ3v) is 7.97. The fourth-order valence-electron chi connectivity index (χ4n) is 5.35. The Bertz CT molecular complexity index is 1340. The highest BCUT2D eigenvalue weighted by molar-refractivity contribution is 5.92. The smallest absolute Gasteiger partial charge is 0.424 e. The molecule has 0 radical (unpaired) electrons. The number of aliphatic hydroxyl groups excluding tert-OH is 2. The maximum atomic E-state index is 14.1. The number of carbonyl (C=O) groups excluding carboxylic acids is 5. The molecule has 6 amide bonds. The third kappa shape index (κ3) is 9.33. The minimum absolute atomic E-state index is 0.0145. The summed E-state index contributed by atoms with van der Waals surface area (Å²) in [5, 5.41) is 29.0. The van der Waals surface area contributed by atoms with Crippen LogP contribution in [0, 0.1) is 0 Å². The Morgan fingerprint density at radius 1 is 1.00 bits per heavy atom. The molecular weight excluding hydrogens is 582 g/mol. The van der Waals surface area contributed by atoms with Crippen molar-refractivity contribution >= 4 is 29.8 Å². The molecule has 45 heavy (non-hydrogen) atoms. The number of ether oxygens (including phenoxy) is 1. The zero-order valence-corrected chi connectivity index (χ0v) is 25.9. The first-order chi connectivity index (χ1) is 21.3. The summed E-state index contributed by atoms with van der Waals surface area (Å²) in [6.07, 6.45) is -2.36. The molecule has 0 spiro atoms. The van der Waals surface area contributed by atoms with Crippen LogP contribution in [-0.2, 0) is 32.1 Å². The maximum absolute atomic E-state index is 14.1. The summed E-state index contributed by atoms with van der Waals surface area (Å²) in [4.78, 5) is 65.7. The molecule has 2 aromatic rings. The van der Waals surface area contributed by atoms with E-state index < -0.39 is 70.5 Å². The van der Waals surface area contributed by atoms with Gasteiger partial charge >= 0.3 is 18.0 Å². The van der Waals surface area contributed by atoms with Crippen molar-refractivity contribution in [1.29, 1.82) is 0 Å². The molecule has 2 aromatic carbocycles. The van der Waals surface area contributed by atoms with Crippen LogP contribution < -0.4 is 21.7 Å². The van der Waals surface area contributed by atoms with Crippen molar-refractivity contribution in [3.63, 3.8) is 0 Å². The van der Waals surface area contributed by atoms with E-state index in [0.29, 0.717) is 24.0 Å². The Morgan fingerprint density at radius 2 is 1.60 bits per heavy atom. The second-order valence-corrected chi connectivity index (χ2v) is 12.1. The number of likely N-dealkylation sites (tertiary alicyclic amines) is 1. The first-order valence-corrected chi connectivity index (χ1v) is 14.9. The molecule has 1 aliphatic heterocycles. The Labute approximate surface area is 262 Å². The van der Waals surface area contributed by atoms with Gasteiger partial charge < -0.3 is 31.3 Å². The van der Waals surface area contributed by atoms with E-state index in [2.05, 4.69) is 16.0 Å². The number of amides is 6. The van der Waals surface area contributed by atoms with Gasteiger partial charge in [-0.15, -0.1) is 0 Å². The first-order valence-electron chi connectivity index (χ1n) is 14.9. The van der Waals surface area contributed by atoms with E-state index in [9.17, 15) is 34.2 Å². The van der Waals surface area contributed by atoms with Gasteiger partial charge in [-0.25, -0.2) is 14.4 Å². The van der Waals surface area contributed by atoms with Crippen molar-refractivity contribution in [2.24, 2.45) is 5.73 Å². The maximum Gasteiger partial charge on any atom is 0.424 e. The van der Waals surface area contributed by atoms with Gasteiger partial charge in [0.1, 0.15) is 18.7 Å². The standard InChI is InChI=1S/C32H43N5O8/c1-21-11-10-16-37(21,30(43)36-32(2,3)20-38)29(42)27(40)24(17-22-12-6-4-7-13-22)34-28(41)25(18-26(33)39)35-31(44)45-19-23-14-8-5-9-15-23/h4-9,12-15,21,24-25,27,38,40H,10-11,16-20H2,1-3H3,(H4-,33,34,35,36,39,41,43,44)/p+1/t21-,24+,25+,27+,37?/m1/s1. The largest absolute Gasteiger partial charge is 0.445 e. The molecule has 0 bridgehead atoms. The number of alkyl carbamates (subject to hydrolysis) is 1. The van der Waals surface area contributed by atoms with Crippen LogP contribution in [0.2, 0.25) is 0 Å². The summed E-state index contributed by atoms with van der Waals surface area (Å²) in [5.74, 6) is -2.59. The van der Waals surface area contributed by atoms with E-state index in [1.165, 1.54) is 0 Å². The fourth-order valence-corrected chi connectivity index (χ4v) is 5.35. The summed E-state index contributed by atoms with van der Waals surface area (Å²) in [7, 11) is 0. The predicted molar refractivity (Wildman–Crippen MR) is 164 cm³/mol. The number of aliphatic hydroxyl groups is 2. The second-order valence-electron chi connectivity index (χ2n) is 12.1. The number of quaternary nitrogens is 1. The molecule has 5 atom stereocenters. The van der Waals surface area contributed by atoms with Crippen LogP contribution in [-0.4, -0.2) is 87.5 Å². The van der Waals surface area contributed by atoms with Gasteiger partial charge in [-0.2, -0.15) is 4.48 Å². The number of nitrogens with zero attached hydrogens (tertiary/aromatic N) is 1. The molecule has 1 unspecified atom stereocenters. The quantitative estimate of drug-likeness (QED) is 0.179. The minimum atomic E-state index is -1.86. The zero-order valence-electron chi connectivity index (χ0n) is 25.9. The summed E-state index contributed by atoms with van der Waals surface area (Å²) >= 11 is 0. The Balaban J connectivity index is 1.86. The predicted octanol–water partition coefficient (Wildman–Crippen LogP) is 1.25. The molecule has 0 saturated carbocycles. The Kier molecular flexibility index (Phi) is 12.2. The van der Waals surface area contributed by atoms with E-state index in [4.69, 9.17) is 10.5 Å². The summed E-state index contributed by atoms with van der Waals surface area (Å²) < 4.78 is 4.47. The van der Waals surface area contributed by atoms with Crippen molar-refractivity contribution in [3.8, 4) is 0 Å². The number of primary amides is 1. The van der Waals surface area contributed by atoms with Crippen LogP contribution in [0.1, 0.15) is 51.2 Å². The molecule has 13 nitrogen and oxygen atoms in total. The van der Waals surface area contributed by atoms with Crippen LogP contribution in [0.3, 0.4) is 0 Å². The third-order valence-electron chi connectivity index (χ3n) is 7.97. The number of nitrogens with two attached hydrogens (primary N) is 1. The molecule has 7 N–H and O–H groups in total. The van der Waals surface area contributed by atoms with Gasteiger partial charge in [-0.05, 0) is 38.3 Å². The highest BCUT2D eigenvalue weighted by Gasteiger charge is 2.56. The molecule has 13 heteroatoms. The molecule has 0 aromatic heterocycles. The van der Waals surface area contributed by atoms with Crippen molar-refractivity contribution in [3.05, 3.63) is 71.8 Å². The molecule has 1 saturated heterocycles. The fraction of sp³-hybridized carbons (Fsp3) is 0.469. The number of rotatable bonds is 13. The Hall–Kier alpha value is -4.33. The number of carbonyl (C=O) groups is 5. The molecule has 244 valence electrons. The lowest BCUT2D eigenvalue weighted by Gasteiger charge is -2.38. The molecule has 0 aliphatic carbocycles. The van der Waals surface area contributed by atoms with Gasteiger partial charge in [-0.1, -0.05) is 60.7 Å². The molecular formula is C32H44N5O8+. The van der Waals surface area contributed by atoms with Gasteiger partial charge in [0.15, 0.2) is 6.10 Å². The average Bonchev–Trinajstić information content (AvgIpc) is 3.41. The highest BCUT2D eigenvalue weighted by atomic mass is 16.5. The lowest BCUT2D eigenvalue weighted by Crippen LogP contribution is -2.70. The number of nitrogens with one attached hydrogen (secondary N) is 3. The van der Waals surface area contributed by atoms with E-state index in [-0.39, 0.29) is 26.2 Å². The second kappa shape index (κ2) is 15.6. The molecule has 1 fully saturated rings. The normalized spacial score (nSPS) is 19.9. The van der Waals surface area contributed by atoms with Gasteiger partial charge in [0, 0.05) is 12.8 Å². The lowest BCUT2D eigenvalue weighted by atomic mass is 9.98. The van der Waals surface area contributed by atoms with E-state index >= 15 is 0 Å². The number of urea groups is 1. The molecule has 1 aliphatic rings. The Morgan fingerprint density at radius 3 is 2.13 bits per heavy atom. The zero-order chi connectivity index (χ0) is 33.2. The van der Waals surface area contributed by atoms with Crippen LogP contribution in [0.25, 0.3) is 0 Å². The van der Waals surface area contributed by atoms with Crippen LogP contribution in [0.5, 0.6) is 0 Å². The van der Waals surface area contributed by atoms with Crippen LogP contribution >= 0.6 is 0 Å². The first kappa shape index (κ1) is 35.2. The number of imide groups is 1. The van der Waals surface area contributed by atoms with Crippen molar-refractivity contribution in [2.45, 2.75) is 82.8 Å². The number of hydrogen-bond acceptors (Lipinski definition) is 8. The number of hydrogen-bond donors (Lipinski definition) is 6. The number of benzene rings is 2. The van der Waals surface area contributed by atoms with E-state index in [1.807, 2.05) is 0 Å². The van der Waals surface area contributed by atoms with E-state index in [1.54, 1.807) is 81.4 Å². The minimum Gasteiger partial charge on any atom is -0.445 e. The van der Waals surface area contributed by atoms with Crippen molar-refractivity contribution in [1.82, 2.24) is 16.0 Å². The molecule has 1 heterocycles. The summed E-state index contributed by atoms with van der Waals surface area (Å²) in [5.41, 5.74) is 5.71. The van der Waals surface area contributed by atoms with Crippen LogP contribution in [0.15, 0.2) is 60.7 Å². The van der Waals surface area contributed by atoms with Gasteiger partial charge in [0.05, 0.1) is 31.2 Å². The highest BCUT2D eigenvalue weighted by Crippen LogP contribution is 2.30. The summed E-state index contributed by atoms with van der Waals surface area (Å²) in [6, 6.07) is 13.7. The monoisotopic (exact) mass is 626 g/mol. The SMILES string of the molecule is C[C@@H]1CCC[N+]1(C(=O)NC(C)(C)CO)C(=O)[C@@H](O)[C@H](Cc1ccccc1)NC(=O)[C@H](CC(N)=O)NC(=O)OCc1ccccc1. The van der Waals surface area contributed by atoms with Crippen molar-refractivity contribution in [2.75, 3.05) is 13.2 Å². The van der Waals surface area contributed by atoms with Gasteiger partial charge in [0.25, 0.3) is 0 Å². The van der Waals surface area contributed by atoms with E-state index in [0.717, 1.165) is 0 Å². The summed E-state index contributed by atoms with van der Waals surface area (Å²) in [6.45, 7) is 4.61.